The number of nitrogens with one attached hydrogen (secondary N) is 1. The number of carbonyl (C=O) groups excluding carboxylic acids is 1. The maximum atomic E-state index is 12.7. The van der Waals surface area contributed by atoms with E-state index in [9.17, 15) is 10.1 Å². The van der Waals surface area contributed by atoms with Crippen molar-refractivity contribution in [3.05, 3.63) is 29.8 Å². The lowest BCUT2D eigenvalue weighted by atomic mass is 9.92. The highest BCUT2D eigenvalue weighted by Gasteiger charge is 2.34. The molecule has 1 aromatic rings. The van der Waals surface area contributed by atoms with Gasteiger partial charge in [0.25, 0.3) is 0 Å². The average Bonchev–Trinajstić information content (AvgIpc) is 2.99. The molecule has 1 aliphatic heterocycles. The third kappa shape index (κ3) is 4.37. The van der Waals surface area contributed by atoms with Crippen molar-refractivity contribution in [2.24, 2.45) is 0 Å². The minimum atomic E-state index is -0.664. The molecule has 0 aromatic heterocycles. The number of benzene rings is 1. The van der Waals surface area contributed by atoms with Crippen molar-refractivity contribution in [2.45, 2.75) is 62.9 Å². The van der Waals surface area contributed by atoms with Crippen LogP contribution in [0.1, 0.15) is 63.0 Å². The van der Waals surface area contributed by atoms with Gasteiger partial charge in [0.15, 0.2) is 0 Å². The van der Waals surface area contributed by atoms with E-state index in [1.807, 2.05) is 12.1 Å². The number of carbonyl (C=O) groups is 1. The third-order valence-electron chi connectivity index (χ3n) is 5.76. The van der Waals surface area contributed by atoms with E-state index < -0.39 is 5.54 Å². The molecule has 1 atom stereocenters. The first-order chi connectivity index (χ1) is 12.7. The quantitative estimate of drug-likeness (QED) is 0.820. The third-order valence-corrected chi connectivity index (χ3v) is 5.76. The number of likely N-dealkylation sites (tertiary alicyclic amines) is 1. The van der Waals surface area contributed by atoms with Crippen molar-refractivity contribution in [3.8, 4) is 11.8 Å². The van der Waals surface area contributed by atoms with Gasteiger partial charge in [0, 0.05) is 6.04 Å². The summed E-state index contributed by atoms with van der Waals surface area (Å²) in [5.74, 6) is 0.828. The zero-order valence-corrected chi connectivity index (χ0v) is 15.7. The molecular formula is C21H29N3O2. The van der Waals surface area contributed by atoms with Crippen molar-refractivity contribution < 1.29 is 9.53 Å². The minimum absolute atomic E-state index is 0.0196. The Labute approximate surface area is 156 Å². The van der Waals surface area contributed by atoms with E-state index in [2.05, 4.69) is 28.4 Å². The second kappa shape index (κ2) is 8.55. The SMILES string of the molecule is COc1ccc(C2CCCN2CC(=O)NC2(C#N)CCCCCC2)cc1. The Morgan fingerprint density at radius 2 is 1.92 bits per heavy atom. The minimum Gasteiger partial charge on any atom is -0.497 e. The molecule has 1 saturated heterocycles. The van der Waals surface area contributed by atoms with E-state index in [1.54, 1.807) is 7.11 Å². The Kier molecular flexibility index (Phi) is 6.16. The molecule has 1 N–H and O–H groups in total. The second-order valence-electron chi connectivity index (χ2n) is 7.56. The number of rotatable bonds is 5. The molecule has 5 nitrogen and oxygen atoms in total. The summed E-state index contributed by atoms with van der Waals surface area (Å²) in [5, 5.41) is 12.7. The molecule has 1 aliphatic carbocycles. The fourth-order valence-electron chi connectivity index (χ4n) is 4.31. The molecule has 0 spiro atoms. The molecule has 1 saturated carbocycles. The predicted octanol–water partition coefficient (Wildman–Crippen LogP) is 3.56. The Bertz CT molecular complexity index is 642. The summed E-state index contributed by atoms with van der Waals surface area (Å²) in [6.45, 7) is 1.28. The Balaban J connectivity index is 1.63. The molecule has 1 aromatic carbocycles. The Hall–Kier alpha value is -2.06. The summed E-state index contributed by atoms with van der Waals surface area (Å²) in [5.41, 5.74) is 0.559. The van der Waals surface area contributed by atoms with E-state index >= 15 is 0 Å². The smallest absolute Gasteiger partial charge is 0.235 e. The lowest BCUT2D eigenvalue weighted by Crippen LogP contribution is -2.50. The summed E-state index contributed by atoms with van der Waals surface area (Å²) < 4.78 is 5.23. The van der Waals surface area contributed by atoms with Crippen LogP contribution in [0.4, 0.5) is 0 Å². The van der Waals surface area contributed by atoms with Crippen LogP contribution in [0, 0.1) is 11.3 Å². The number of hydrogen-bond donors (Lipinski definition) is 1. The van der Waals surface area contributed by atoms with Crippen molar-refractivity contribution in [2.75, 3.05) is 20.2 Å². The summed E-state index contributed by atoms with van der Waals surface area (Å²) in [6.07, 6.45) is 8.05. The van der Waals surface area contributed by atoms with Crippen LogP contribution in [0.5, 0.6) is 5.75 Å². The first-order valence-electron chi connectivity index (χ1n) is 9.76. The zero-order valence-electron chi connectivity index (χ0n) is 15.7. The van der Waals surface area contributed by atoms with Gasteiger partial charge < -0.3 is 10.1 Å². The molecule has 140 valence electrons. The summed E-state index contributed by atoms with van der Waals surface area (Å²) in [4.78, 5) is 14.9. The summed E-state index contributed by atoms with van der Waals surface area (Å²) >= 11 is 0. The Morgan fingerprint density at radius 1 is 1.23 bits per heavy atom. The average molecular weight is 355 g/mol. The molecule has 0 radical (unpaired) electrons. The molecule has 5 heteroatoms. The maximum Gasteiger partial charge on any atom is 0.235 e. The van der Waals surface area contributed by atoms with Crippen molar-refractivity contribution in [1.29, 1.82) is 5.26 Å². The normalized spacial score (nSPS) is 23.0. The van der Waals surface area contributed by atoms with Crippen LogP contribution < -0.4 is 10.1 Å². The monoisotopic (exact) mass is 355 g/mol. The van der Waals surface area contributed by atoms with Gasteiger partial charge in [-0.2, -0.15) is 5.26 Å². The molecule has 1 unspecified atom stereocenters. The zero-order chi connectivity index (χ0) is 18.4. The molecule has 26 heavy (non-hydrogen) atoms. The molecule has 3 rings (SSSR count). The number of amides is 1. The van der Waals surface area contributed by atoms with E-state index in [4.69, 9.17) is 4.74 Å². The molecule has 1 heterocycles. The standard InChI is InChI=1S/C21H29N3O2/c1-26-18-10-8-17(9-11-18)19-7-6-14-24(19)15-20(25)23-21(16-22)12-4-2-3-5-13-21/h8-11,19H,2-7,12-15H2,1H3,(H,23,25). The van der Waals surface area contributed by atoms with Gasteiger partial charge >= 0.3 is 0 Å². The highest BCUT2D eigenvalue weighted by atomic mass is 16.5. The predicted molar refractivity (Wildman–Crippen MR) is 101 cm³/mol. The fraction of sp³-hybridized carbons (Fsp3) is 0.619. The van der Waals surface area contributed by atoms with E-state index in [-0.39, 0.29) is 11.9 Å². The number of nitriles is 1. The molecule has 2 aliphatic rings. The van der Waals surface area contributed by atoms with Gasteiger partial charge in [-0.1, -0.05) is 37.8 Å². The van der Waals surface area contributed by atoms with Crippen molar-refractivity contribution >= 4 is 5.91 Å². The van der Waals surface area contributed by atoms with Crippen LogP contribution in [0.2, 0.25) is 0 Å². The van der Waals surface area contributed by atoms with E-state index in [0.29, 0.717) is 6.54 Å². The van der Waals surface area contributed by atoms with Gasteiger partial charge in [-0.05, 0) is 49.9 Å². The van der Waals surface area contributed by atoms with Crippen LogP contribution in [0.3, 0.4) is 0 Å². The van der Waals surface area contributed by atoms with Gasteiger partial charge in [-0.15, -0.1) is 0 Å². The summed E-state index contributed by atoms with van der Waals surface area (Å²) in [7, 11) is 1.67. The van der Waals surface area contributed by atoms with Crippen LogP contribution >= 0.6 is 0 Å². The number of methoxy groups -OCH3 is 1. The highest BCUT2D eigenvalue weighted by Crippen LogP contribution is 2.33. The number of nitrogens with zero attached hydrogens (tertiary/aromatic N) is 2. The first-order valence-corrected chi connectivity index (χ1v) is 9.76. The number of hydrogen-bond acceptors (Lipinski definition) is 4. The van der Waals surface area contributed by atoms with E-state index in [1.165, 1.54) is 5.56 Å². The second-order valence-corrected chi connectivity index (χ2v) is 7.56. The van der Waals surface area contributed by atoms with Crippen LogP contribution in [-0.2, 0) is 4.79 Å². The maximum absolute atomic E-state index is 12.7. The first kappa shape index (κ1) is 18.7. The van der Waals surface area contributed by atoms with Crippen LogP contribution in [0.25, 0.3) is 0 Å². The lowest BCUT2D eigenvalue weighted by Gasteiger charge is -2.29. The highest BCUT2D eigenvalue weighted by molar-refractivity contribution is 5.79. The van der Waals surface area contributed by atoms with Crippen LogP contribution in [-0.4, -0.2) is 36.5 Å². The van der Waals surface area contributed by atoms with Gasteiger partial charge in [0.05, 0.1) is 19.7 Å². The lowest BCUT2D eigenvalue weighted by molar-refractivity contribution is -0.124. The molecule has 0 bridgehead atoms. The van der Waals surface area contributed by atoms with Crippen molar-refractivity contribution in [3.63, 3.8) is 0 Å². The van der Waals surface area contributed by atoms with Gasteiger partial charge in [0.2, 0.25) is 5.91 Å². The Morgan fingerprint density at radius 3 is 2.54 bits per heavy atom. The molecule has 1 amide bonds. The fourth-order valence-corrected chi connectivity index (χ4v) is 4.31. The van der Waals surface area contributed by atoms with Crippen LogP contribution in [0.15, 0.2) is 24.3 Å². The van der Waals surface area contributed by atoms with Gasteiger partial charge in [-0.3, -0.25) is 9.69 Å². The topological polar surface area (TPSA) is 65.4 Å². The van der Waals surface area contributed by atoms with Crippen molar-refractivity contribution in [1.82, 2.24) is 10.2 Å². The van der Waals surface area contributed by atoms with E-state index in [0.717, 1.165) is 63.7 Å². The summed E-state index contributed by atoms with van der Waals surface area (Å²) in [6, 6.07) is 10.8. The van der Waals surface area contributed by atoms with Gasteiger partial charge in [-0.25, -0.2) is 0 Å². The van der Waals surface area contributed by atoms with Gasteiger partial charge in [0.1, 0.15) is 11.3 Å². The largest absolute Gasteiger partial charge is 0.497 e. The molecular weight excluding hydrogens is 326 g/mol. The number of ether oxygens (including phenoxy) is 1. The molecule has 2 fully saturated rings.